The van der Waals surface area contributed by atoms with E-state index < -0.39 is 47.4 Å². The van der Waals surface area contributed by atoms with Gasteiger partial charge in [-0.25, -0.2) is 16.8 Å². The van der Waals surface area contributed by atoms with Gasteiger partial charge in [0.2, 0.25) is 20.0 Å². The molecule has 7 nitrogen and oxygen atoms in total. The number of sulfonamides is 2. The third kappa shape index (κ3) is 6.75. The molecular weight excluding hydrogens is 469 g/mol. The molecule has 184 valence electrons. The molecule has 1 aromatic rings. The Morgan fingerprint density at radius 3 is 1.28 bits per heavy atom. The van der Waals surface area contributed by atoms with E-state index in [1.54, 1.807) is 27.7 Å². The van der Waals surface area contributed by atoms with Crippen LogP contribution in [0.4, 0.5) is 13.2 Å². The molecule has 0 unspecified atom stereocenters. The van der Waals surface area contributed by atoms with E-state index in [1.807, 2.05) is 0 Å². The smallest absolute Gasteiger partial charge is 0.284 e. The number of carbonyl (C=O) groups excluding carboxylic acids is 1. The molecule has 12 heteroatoms. The van der Waals surface area contributed by atoms with E-state index in [0.29, 0.717) is 37.8 Å². The van der Waals surface area contributed by atoms with Crippen LogP contribution in [-0.4, -0.2) is 63.6 Å². The molecule has 1 aromatic carbocycles. The lowest BCUT2D eigenvalue weighted by Gasteiger charge is -2.24. The summed E-state index contributed by atoms with van der Waals surface area (Å²) in [6.07, 6.45) is -3.49. The van der Waals surface area contributed by atoms with Gasteiger partial charge >= 0.3 is 6.18 Å². The molecule has 0 radical (unpaired) electrons. The topological polar surface area (TPSA) is 91.8 Å². The Morgan fingerprint density at radius 1 is 0.719 bits per heavy atom. The Balaban J connectivity index is 3.82. The van der Waals surface area contributed by atoms with E-state index in [1.165, 1.54) is 0 Å². The number of halogens is 3. The second kappa shape index (κ2) is 11.6. The lowest BCUT2D eigenvalue weighted by atomic mass is 10.1. The predicted octanol–water partition coefficient (Wildman–Crippen LogP) is 4.05. The summed E-state index contributed by atoms with van der Waals surface area (Å²) in [5.41, 5.74) is -1.03. The second-order valence-corrected chi connectivity index (χ2v) is 11.2. The number of benzene rings is 1. The molecule has 0 aliphatic rings. The first-order valence-corrected chi connectivity index (χ1v) is 13.4. The fourth-order valence-electron chi connectivity index (χ4n) is 3.16. The van der Waals surface area contributed by atoms with Gasteiger partial charge in [0, 0.05) is 31.7 Å². The molecule has 0 aliphatic carbocycles. The van der Waals surface area contributed by atoms with Crippen LogP contribution in [0, 0.1) is 0 Å². The van der Waals surface area contributed by atoms with Crippen molar-refractivity contribution in [3.8, 4) is 0 Å². The summed E-state index contributed by atoms with van der Waals surface area (Å²) in [6.45, 7) is 7.38. The summed E-state index contributed by atoms with van der Waals surface area (Å²) in [6, 6.07) is 2.05. The molecule has 0 bridgehead atoms. The van der Waals surface area contributed by atoms with E-state index in [4.69, 9.17) is 0 Å². The van der Waals surface area contributed by atoms with Gasteiger partial charge in [-0.15, -0.1) is 0 Å². The maximum absolute atomic E-state index is 13.2. The zero-order chi connectivity index (χ0) is 24.7. The first kappa shape index (κ1) is 28.5. The number of carbonyl (C=O) groups is 1. The quantitative estimate of drug-likeness (QED) is 0.381. The fourth-order valence-corrected chi connectivity index (χ4v) is 6.63. The van der Waals surface area contributed by atoms with Gasteiger partial charge in [-0.1, -0.05) is 27.7 Å². The van der Waals surface area contributed by atoms with E-state index >= 15 is 0 Å². The molecule has 0 saturated heterocycles. The van der Waals surface area contributed by atoms with Crippen LogP contribution in [0.25, 0.3) is 0 Å². The van der Waals surface area contributed by atoms with Crippen molar-refractivity contribution >= 4 is 25.8 Å². The van der Waals surface area contributed by atoms with Gasteiger partial charge in [0.25, 0.3) is 5.78 Å². The molecule has 0 heterocycles. The van der Waals surface area contributed by atoms with Crippen molar-refractivity contribution in [3.05, 3.63) is 23.8 Å². The SMILES string of the molecule is CCCN(CCC)S(=O)(=O)c1cc(C(=O)C(F)(F)F)cc(S(=O)(=O)N(CCC)CCC)c1. The van der Waals surface area contributed by atoms with E-state index in [9.17, 15) is 34.8 Å². The van der Waals surface area contributed by atoms with Crippen molar-refractivity contribution in [1.82, 2.24) is 8.61 Å². The highest BCUT2D eigenvalue weighted by atomic mass is 32.2. The average molecular weight is 501 g/mol. The monoisotopic (exact) mass is 500 g/mol. The minimum atomic E-state index is -5.29. The minimum absolute atomic E-state index is 0.105. The van der Waals surface area contributed by atoms with Crippen LogP contribution in [0.5, 0.6) is 0 Å². The van der Waals surface area contributed by atoms with E-state index in [2.05, 4.69) is 0 Å². The summed E-state index contributed by atoms with van der Waals surface area (Å²) >= 11 is 0. The molecular formula is C20H31F3N2O5S2. The lowest BCUT2D eigenvalue weighted by molar-refractivity contribution is -0.0885. The lowest BCUT2D eigenvalue weighted by Crippen LogP contribution is -2.34. The van der Waals surface area contributed by atoms with Crippen molar-refractivity contribution in [3.63, 3.8) is 0 Å². The van der Waals surface area contributed by atoms with Crippen LogP contribution in [-0.2, 0) is 20.0 Å². The first-order valence-electron chi connectivity index (χ1n) is 10.5. The maximum Gasteiger partial charge on any atom is 0.454 e. The minimum Gasteiger partial charge on any atom is -0.284 e. The summed E-state index contributed by atoms with van der Waals surface area (Å²) in [7, 11) is -8.66. The fraction of sp³-hybridized carbons (Fsp3) is 0.650. The van der Waals surface area contributed by atoms with Crippen molar-refractivity contribution in [1.29, 1.82) is 0 Å². The molecule has 0 fully saturated rings. The Hall–Kier alpha value is -1.50. The van der Waals surface area contributed by atoms with Gasteiger partial charge in [0.1, 0.15) is 0 Å². The van der Waals surface area contributed by atoms with Gasteiger partial charge in [0.15, 0.2) is 0 Å². The number of ketones is 1. The van der Waals surface area contributed by atoms with Crippen LogP contribution in [0.3, 0.4) is 0 Å². The number of hydrogen-bond donors (Lipinski definition) is 0. The Labute approximate surface area is 188 Å². The third-order valence-corrected chi connectivity index (χ3v) is 8.32. The number of Topliss-reactive ketones (excluding diaryl/α,β-unsaturated/α-hetero) is 1. The van der Waals surface area contributed by atoms with Gasteiger partial charge in [-0.05, 0) is 43.9 Å². The highest BCUT2D eigenvalue weighted by Crippen LogP contribution is 2.29. The third-order valence-electron chi connectivity index (χ3n) is 4.57. The Kier molecular flexibility index (Phi) is 10.3. The van der Waals surface area contributed by atoms with Crippen LogP contribution < -0.4 is 0 Å². The Morgan fingerprint density at radius 2 is 1.03 bits per heavy atom. The van der Waals surface area contributed by atoms with Crippen LogP contribution in [0.1, 0.15) is 63.7 Å². The highest BCUT2D eigenvalue weighted by Gasteiger charge is 2.41. The van der Waals surface area contributed by atoms with Crippen molar-refractivity contribution in [2.75, 3.05) is 26.2 Å². The van der Waals surface area contributed by atoms with Gasteiger partial charge in [0.05, 0.1) is 9.79 Å². The standard InChI is InChI=1S/C20H31F3N2O5S2/c1-5-9-24(10-6-2)31(27,28)17-13-16(19(26)20(21,22)23)14-18(15-17)32(29,30)25(11-7-3)12-8-4/h13-15H,5-12H2,1-4H3. The van der Waals surface area contributed by atoms with Crippen LogP contribution in [0.2, 0.25) is 0 Å². The van der Waals surface area contributed by atoms with Crippen LogP contribution in [0.15, 0.2) is 28.0 Å². The van der Waals surface area contributed by atoms with E-state index in [-0.39, 0.29) is 26.2 Å². The van der Waals surface area contributed by atoms with E-state index in [0.717, 1.165) is 14.7 Å². The molecule has 1 rings (SSSR count). The highest BCUT2D eigenvalue weighted by molar-refractivity contribution is 7.90. The summed E-state index contributed by atoms with van der Waals surface area (Å²) in [5.74, 6) is -2.30. The van der Waals surface area contributed by atoms with Gasteiger partial charge in [-0.2, -0.15) is 21.8 Å². The molecule has 0 aliphatic heterocycles. The zero-order valence-corrected chi connectivity index (χ0v) is 20.4. The summed E-state index contributed by atoms with van der Waals surface area (Å²) in [5, 5.41) is 0. The molecule has 0 N–H and O–H groups in total. The van der Waals surface area contributed by atoms with Crippen LogP contribution >= 0.6 is 0 Å². The maximum atomic E-state index is 13.2. The average Bonchev–Trinajstić information content (AvgIpc) is 2.71. The molecule has 0 atom stereocenters. The largest absolute Gasteiger partial charge is 0.454 e. The number of hydrogen-bond acceptors (Lipinski definition) is 5. The van der Waals surface area contributed by atoms with Gasteiger partial charge in [-0.3, -0.25) is 4.79 Å². The number of nitrogens with zero attached hydrogens (tertiary/aromatic N) is 2. The number of rotatable bonds is 13. The normalized spacial score (nSPS) is 13.2. The zero-order valence-electron chi connectivity index (χ0n) is 18.8. The summed E-state index contributed by atoms with van der Waals surface area (Å²) in [4.78, 5) is 10.6. The Bertz CT molecular complexity index is 917. The molecule has 0 spiro atoms. The van der Waals surface area contributed by atoms with Crippen molar-refractivity contribution < 1.29 is 34.8 Å². The molecule has 0 saturated carbocycles. The van der Waals surface area contributed by atoms with Crippen molar-refractivity contribution in [2.24, 2.45) is 0 Å². The molecule has 32 heavy (non-hydrogen) atoms. The second-order valence-electron chi connectivity index (χ2n) is 7.33. The van der Waals surface area contributed by atoms with Gasteiger partial charge < -0.3 is 0 Å². The predicted molar refractivity (Wildman–Crippen MR) is 116 cm³/mol. The van der Waals surface area contributed by atoms with Crippen molar-refractivity contribution in [2.45, 2.75) is 69.3 Å². The first-order chi connectivity index (χ1) is 14.8. The number of alkyl halides is 3. The summed E-state index contributed by atoms with van der Waals surface area (Å²) < 4.78 is 94.2. The molecule has 0 amide bonds. The molecule has 0 aromatic heterocycles.